The van der Waals surface area contributed by atoms with Gasteiger partial charge in [-0.25, -0.2) is 4.79 Å². The van der Waals surface area contributed by atoms with Crippen LogP contribution in [0.5, 0.6) is 0 Å². The second-order valence-electron chi connectivity index (χ2n) is 23.4. The van der Waals surface area contributed by atoms with Crippen LogP contribution in [0.3, 0.4) is 0 Å². The largest absolute Gasteiger partial charge is 0.550 e. The van der Waals surface area contributed by atoms with E-state index in [9.17, 15) is 24.6 Å². The van der Waals surface area contributed by atoms with E-state index in [1.54, 1.807) is 5.57 Å². The molecule has 6 saturated carbocycles. The second kappa shape index (κ2) is 17.6. The van der Waals surface area contributed by atoms with Gasteiger partial charge in [0.2, 0.25) is 0 Å². The van der Waals surface area contributed by atoms with E-state index in [4.69, 9.17) is 25.4 Å². The summed E-state index contributed by atoms with van der Waals surface area (Å²) in [6.45, 7) is 11.1. The molecule has 8 aliphatic carbocycles. The van der Waals surface area contributed by atoms with Crippen LogP contribution in [0.15, 0.2) is 47.1 Å². The number of fused-ring (bicyclic) bond motifs is 8. The number of nitrogens with zero attached hydrogens (tertiary/aromatic N) is 1. The zero-order chi connectivity index (χ0) is 47.2. The molecule has 67 heavy (non-hydrogen) atoms. The number of anilines is 1. The second-order valence-corrected chi connectivity index (χ2v) is 23.4. The zero-order valence-electron chi connectivity index (χ0n) is 40.8. The van der Waals surface area contributed by atoms with Crippen molar-refractivity contribution in [2.45, 2.75) is 159 Å². The van der Waals surface area contributed by atoms with E-state index in [-0.39, 0.29) is 83.5 Å². The average molecular weight is 921 g/mol. The number of carboxylic acid groups (broad SMARTS) is 1. The van der Waals surface area contributed by atoms with Gasteiger partial charge in [-0.15, -0.1) is 6.42 Å². The van der Waals surface area contributed by atoms with Crippen molar-refractivity contribution >= 4 is 23.6 Å². The highest BCUT2D eigenvalue weighted by molar-refractivity contribution is 5.93. The summed E-state index contributed by atoms with van der Waals surface area (Å²) in [6.07, 6.45) is 18.9. The minimum Gasteiger partial charge on any atom is -0.550 e. The lowest BCUT2D eigenvalue weighted by atomic mass is 9.43. The highest BCUT2D eigenvalue weighted by atomic mass is 16.7. The number of hydrogen-bond acceptors (Lipinski definition) is 10. The van der Waals surface area contributed by atoms with Gasteiger partial charge in [-0.1, -0.05) is 51.3 Å². The Morgan fingerprint density at radius 2 is 1.82 bits per heavy atom. The van der Waals surface area contributed by atoms with Crippen LogP contribution in [0.4, 0.5) is 10.5 Å². The third-order valence-corrected chi connectivity index (χ3v) is 20.6. The molecule has 1 spiro atoms. The third kappa shape index (κ3) is 7.55. The molecule has 1 aromatic carbocycles. The number of allylic oxidation sites excluding steroid dienone is 4. The molecule has 11 heteroatoms. The van der Waals surface area contributed by atoms with Crippen molar-refractivity contribution in [2.75, 3.05) is 38.3 Å². The monoisotopic (exact) mass is 921 g/mol. The van der Waals surface area contributed by atoms with Crippen molar-refractivity contribution in [3.8, 4) is 12.3 Å². The predicted molar refractivity (Wildman–Crippen MR) is 251 cm³/mol. The Morgan fingerprint density at radius 1 is 1.03 bits per heavy atom. The number of benzene rings is 1. The summed E-state index contributed by atoms with van der Waals surface area (Å²) in [5.41, 5.74) is 9.37. The van der Waals surface area contributed by atoms with Crippen LogP contribution in [0.1, 0.15) is 135 Å². The van der Waals surface area contributed by atoms with Gasteiger partial charge in [0.15, 0.2) is 11.4 Å². The van der Waals surface area contributed by atoms with Gasteiger partial charge in [0.1, 0.15) is 24.9 Å². The fraction of sp³-hybridized carbons (Fsp3) is 0.732. The van der Waals surface area contributed by atoms with Gasteiger partial charge in [0.25, 0.3) is 0 Å². The number of likely N-dealkylation sites (N-methyl/N-ethyl adjacent to an activating group) is 1. The molecule has 9 aliphatic rings. The van der Waals surface area contributed by atoms with Crippen LogP contribution < -0.4 is 15.7 Å². The number of ether oxygens (including phenoxy) is 4. The first-order valence-corrected chi connectivity index (χ1v) is 26.2. The van der Waals surface area contributed by atoms with Crippen LogP contribution >= 0.6 is 0 Å². The summed E-state index contributed by atoms with van der Waals surface area (Å²) >= 11 is 0. The molecule has 0 radical (unpaired) electrons. The molecule has 0 amide bonds. The number of aliphatic hydroxyl groups is 1. The highest BCUT2D eigenvalue weighted by Crippen LogP contribution is 2.75. The summed E-state index contributed by atoms with van der Waals surface area (Å²) in [4.78, 5) is 39.4. The average Bonchev–Trinajstić information content (AvgIpc) is 3.72. The number of carbonyl (C=O) groups is 3. The minimum absolute atomic E-state index is 0.0216. The number of rotatable bonds is 13. The summed E-state index contributed by atoms with van der Waals surface area (Å²) < 4.78 is 25.3. The molecule has 11 nitrogen and oxygen atoms in total. The molecule has 7 fully saturated rings. The van der Waals surface area contributed by atoms with Crippen LogP contribution in [0.2, 0.25) is 0 Å². The molecule has 1 saturated heterocycles. The van der Waals surface area contributed by atoms with Crippen LogP contribution in [-0.2, 0) is 28.5 Å². The van der Waals surface area contributed by atoms with E-state index in [0.29, 0.717) is 50.2 Å². The Kier molecular flexibility index (Phi) is 12.4. The molecule has 17 atom stereocenters. The van der Waals surface area contributed by atoms with Gasteiger partial charge in [-0.2, -0.15) is 0 Å². The molecule has 10 rings (SSSR count). The molecule has 1 heterocycles. The smallest absolute Gasteiger partial charge is 0.508 e. The van der Waals surface area contributed by atoms with Gasteiger partial charge in [-0.05, 0) is 183 Å². The quantitative estimate of drug-likeness (QED) is 0.120. The molecule has 1 aliphatic heterocycles. The van der Waals surface area contributed by atoms with Gasteiger partial charge in [-0.3, -0.25) is 4.79 Å². The number of carbonyl (C=O) groups excluding carboxylic acids is 3. The van der Waals surface area contributed by atoms with Crippen molar-refractivity contribution < 1.29 is 49.3 Å². The normalized spacial score (nSPS) is 42.8. The standard InChI is InChI=1S/C56H76N2O9/c1-7-55-33(3)26-45-41-15-11-35-27-38(59)14-16-40(35)50(41)42(31-56(45,55)67-55)34-9-12-37(13-10-34)58(6)23-25-64-39-20-21-53(4)36(28-39)29-47(66-52(63)65-24-22-57)51-44-18-17-43(32(2)8-19-49(61)62)54(44,5)48(60)30-46(51)53/h1,9-10,12-13,27,32-33,36,39,41-48,51,60H,8,11,14-26,28-31,57H2,2-6H3,(H,61,62). The lowest BCUT2D eigenvalue weighted by Gasteiger charge is -2.64. The summed E-state index contributed by atoms with van der Waals surface area (Å²) in [6, 6.07) is 9.12. The first-order chi connectivity index (χ1) is 32.1. The molecule has 364 valence electrons. The van der Waals surface area contributed by atoms with E-state index >= 15 is 0 Å². The Labute approximate surface area is 398 Å². The van der Waals surface area contributed by atoms with E-state index in [1.807, 2.05) is 6.08 Å². The Bertz CT molecular complexity index is 2220. The lowest BCUT2D eigenvalue weighted by molar-refractivity contribution is -0.372. The van der Waals surface area contributed by atoms with Crippen LogP contribution in [0, 0.1) is 76.4 Å². The fourth-order valence-electron chi connectivity index (χ4n) is 17.3. The molecule has 0 bridgehead atoms. The predicted octanol–water partition coefficient (Wildman–Crippen LogP) is 6.96. The molecular weight excluding hydrogens is 845 g/mol. The molecule has 4 N–H and O–H groups in total. The number of carboxylic acids is 1. The third-order valence-electron chi connectivity index (χ3n) is 20.6. The van der Waals surface area contributed by atoms with Crippen molar-refractivity contribution in [3.63, 3.8) is 0 Å². The van der Waals surface area contributed by atoms with Gasteiger partial charge < -0.3 is 44.6 Å². The SMILES string of the molecule is C#CC12OC13CC(c1ccc(N(C)CCOC4CCC5(C)C(C4)CC(OC(=O)OCC[NH3+])C4C5CC(O)C5(C)C(C(C)CCC(=O)[O-])CCC45)cc1)C1=C4CCC(=O)C=C4CCC1C3CC2C. The molecule has 1 aromatic rings. The lowest BCUT2D eigenvalue weighted by Crippen LogP contribution is -2.63. The summed E-state index contributed by atoms with van der Waals surface area (Å²) in [5, 5.41) is 23.6. The fourth-order valence-corrected chi connectivity index (χ4v) is 17.3. The topological polar surface area (TPSA) is 166 Å². The number of aliphatic carboxylic acids is 1. The maximum atomic E-state index is 13.2. The molecule has 17 unspecified atom stereocenters. The Balaban J connectivity index is 0.809. The number of terminal acetylenes is 1. The van der Waals surface area contributed by atoms with Crippen LogP contribution in [-0.4, -0.2) is 85.9 Å². The van der Waals surface area contributed by atoms with E-state index in [1.165, 1.54) is 16.7 Å². The van der Waals surface area contributed by atoms with Gasteiger partial charge >= 0.3 is 6.16 Å². The van der Waals surface area contributed by atoms with Crippen LogP contribution in [0.25, 0.3) is 0 Å². The summed E-state index contributed by atoms with van der Waals surface area (Å²) in [5.74, 6) is 4.78. The number of ketones is 1. The van der Waals surface area contributed by atoms with Gasteiger partial charge in [0.05, 0.1) is 18.8 Å². The molecule has 0 aromatic heterocycles. The van der Waals surface area contributed by atoms with Crippen molar-refractivity contribution in [2.24, 2.45) is 64.1 Å². The first-order valence-electron chi connectivity index (χ1n) is 26.2. The van der Waals surface area contributed by atoms with E-state index in [2.05, 4.69) is 75.6 Å². The van der Waals surface area contributed by atoms with E-state index in [0.717, 1.165) is 82.9 Å². The van der Waals surface area contributed by atoms with Gasteiger partial charge in [0, 0.05) is 43.5 Å². The van der Waals surface area contributed by atoms with Crippen molar-refractivity contribution in [1.82, 2.24) is 0 Å². The summed E-state index contributed by atoms with van der Waals surface area (Å²) in [7, 11) is 2.13. The maximum Gasteiger partial charge on any atom is 0.508 e. The van der Waals surface area contributed by atoms with Crippen molar-refractivity contribution in [3.05, 3.63) is 52.6 Å². The molecular formula is C56H76N2O9. The Morgan fingerprint density at radius 3 is 2.55 bits per heavy atom. The maximum absolute atomic E-state index is 13.2. The zero-order valence-corrected chi connectivity index (χ0v) is 40.8. The van der Waals surface area contributed by atoms with E-state index < -0.39 is 29.2 Å². The number of hydrogen-bond donors (Lipinski definition) is 2. The minimum atomic E-state index is -1.03. The number of quaternary nitrogens is 1. The van der Waals surface area contributed by atoms with Crippen molar-refractivity contribution in [1.29, 1.82) is 0 Å². The number of epoxide rings is 1. The first kappa shape index (κ1) is 47.0. The Hall–Kier alpha value is -3.69. The highest BCUT2D eigenvalue weighted by Gasteiger charge is 2.82. The number of aliphatic hydroxyl groups excluding tert-OH is 1.